The lowest BCUT2D eigenvalue weighted by atomic mass is 10.1. The minimum absolute atomic E-state index is 0.0410. The summed E-state index contributed by atoms with van der Waals surface area (Å²) in [6.07, 6.45) is -4.32. The van der Waals surface area contributed by atoms with Gasteiger partial charge in [-0.05, 0) is 63.4 Å². The van der Waals surface area contributed by atoms with Crippen LogP contribution in [0.1, 0.15) is 24.1 Å². The first-order chi connectivity index (χ1) is 8.88. The number of thiophene rings is 1. The number of rotatable bonds is 3. The second kappa shape index (κ2) is 5.54. The fourth-order valence-electron chi connectivity index (χ4n) is 1.65. The smallest absolute Gasteiger partial charge is 0.378 e. The number of nitrogens with one attached hydrogen (secondary N) is 1. The molecule has 0 aliphatic rings. The lowest BCUT2D eigenvalue weighted by Gasteiger charge is -2.16. The fourth-order valence-corrected chi connectivity index (χ4v) is 2.89. The van der Waals surface area contributed by atoms with Crippen LogP contribution in [0.15, 0.2) is 39.5 Å². The van der Waals surface area contributed by atoms with E-state index in [-0.39, 0.29) is 6.04 Å². The molecule has 102 valence electrons. The number of anilines is 1. The van der Waals surface area contributed by atoms with Crippen molar-refractivity contribution in [2.24, 2.45) is 0 Å². The number of benzene rings is 1. The molecular formula is C13H11BrF3NS. The number of hydrogen-bond donors (Lipinski definition) is 1. The van der Waals surface area contributed by atoms with Gasteiger partial charge in [-0.1, -0.05) is 0 Å². The first-order valence-corrected chi connectivity index (χ1v) is 7.27. The molecule has 0 bridgehead atoms. The molecule has 1 aromatic heterocycles. The highest BCUT2D eigenvalue weighted by molar-refractivity contribution is 9.10. The Balaban J connectivity index is 2.18. The zero-order chi connectivity index (χ0) is 14.0. The van der Waals surface area contributed by atoms with Crippen LogP contribution in [0.3, 0.4) is 0 Å². The van der Waals surface area contributed by atoms with Crippen LogP contribution in [0.4, 0.5) is 18.9 Å². The van der Waals surface area contributed by atoms with E-state index < -0.39 is 11.7 Å². The van der Waals surface area contributed by atoms with E-state index in [1.807, 2.05) is 23.8 Å². The van der Waals surface area contributed by atoms with E-state index in [4.69, 9.17) is 0 Å². The van der Waals surface area contributed by atoms with E-state index in [2.05, 4.69) is 21.2 Å². The molecule has 0 saturated carbocycles. The molecule has 1 atom stereocenters. The molecule has 1 unspecified atom stereocenters. The van der Waals surface area contributed by atoms with E-state index in [1.165, 1.54) is 6.07 Å². The SMILES string of the molecule is CC(Nc1ccc(C(F)(F)F)cc1Br)c1ccsc1. The van der Waals surface area contributed by atoms with Gasteiger partial charge >= 0.3 is 6.18 Å². The molecule has 2 aromatic rings. The van der Waals surface area contributed by atoms with Crippen LogP contribution in [0, 0.1) is 0 Å². The highest BCUT2D eigenvalue weighted by Gasteiger charge is 2.30. The van der Waals surface area contributed by atoms with Gasteiger partial charge in [-0.3, -0.25) is 0 Å². The Morgan fingerprint density at radius 1 is 1.26 bits per heavy atom. The lowest BCUT2D eigenvalue weighted by molar-refractivity contribution is -0.137. The molecule has 1 aromatic carbocycles. The van der Waals surface area contributed by atoms with Crippen molar-refractivity contribution >= 4 is 33.0 Å². The van der Waals surface area contributed by atoms with Gasteiger partial charge in [0.25, 0.3) is 0 Å². The molecule has 1 N–H and O–H groups in total. The molecule has 0 amide bonds. The van der Waals surface area contributed by atoms with Crippen LogP contribution in [0.25, 0.3) is 0 Å². The molecule has 19 heavy (non-hydrogen) atoms. The Labute approximate surface area is 121 Å². The molecule has 1 nitrogen and oxygen atoms in total. The molecule has 0 spiro atoms. The van der Waals surface area contributed by atoms with Crippen molar-refractivity contribution < 1.29 is 13.2 Å². The van der Waals surface area contributed by atoms with Gasteiger partial charge in [-0.2, -0.15) is 24.5 Å². The highest BCUT2D eigenvalue weighted by atomic mass is 79.9. The van der Waals surface area contributed by atoms with Crippen molar-refractivity contribution in [3.63, 3.8) is 0 Å². The Bertz CT molecular complexity index is 552. The molecular weight excluding hydrogens is 339 g/mol. The van der Waals surface area contributed by atoms with Crippen LogP contribution >= 0.6 is 27.3 Å². The van der Waals surface area contributed by atoms with Gasteiger partial charge < -0.3 is 5.32 Å². The standard InChI is InChI=1S/C13H11BrF3NS/c1-8(9-4-5-19-7-9)18-12-3-2-10(6-11(12)14)13(15,16)17/h2-8,18H,1H3. The lowest BCUT2D eigenvalue weighted by Crippen LogP contribution is -2.08. The van der Waals surface area contributed by atoms with Crippen LogP contribution in [-0.4, -0.2) is 0 Å². The molecule has 6 heteroatoms. The van der Waals surface area contributed by atoms with Gasteiger partial charge in [0.2, 0.25) is 0 Å². The van der Waals surface area contributed by atoms with Crippen LogP contribution in [0.5, 0.6) is 0 Å². The molecule has 0 aliphatic carbocycles. The second-order valence-corrected chi connectivity index (χ2v) is 5.75. The van der Waals surface area contributed by atoms with Gasteiger partial charge in [0, 0.05) is 16.2 Å². The van der Waals surface area contributed by atoms with E-state index in [0.29, 0.717) is 10.2 Å². The van der Waals surface area contributed by atoms with Crippen molar-refractivity contribution in [1.82, 2.24) is 0 Å². The summed E-state index contributed by atoms with van der Waals surface area (Å²) in [6.45, 7) is 1.96. The van der Waals surface area contributed by atoms with Crippen molar-refractivity contribution in [3.8, 4) is 0 Å². The van der Waals surface area contributed by atoms with Crippen LogP contribution in [-0.2, 0) is 6.18 Å². The van der Waals surface area contributed by atoms with Gasteiger partial charge in [-0.15, -0.1) is 0 Å². The van der Waals surface area contributed by atoms with Gasteiger partial charge in [-0.25, -0.2) is 0 Å². The first kappa shape index (κ1) is 14.4. The van der Waals surface area contributed by atoms with E-state index in [9.17, 15) is 13.2 Å². The first-order valence-electron chi connectivity index (χ1n) is 5.53. The third kappa shape index (κ3) is 3.51. The maximum Gasteiger partial charge on any atom is 0.416 e. The second-order valence-electron chi connectivity index (χ2n) is 4.12. The zero-order valence-electron chi connectivity index (χ0n) is 9.96. The predicted octanol–water partition coefficient (Wildman–Crippen LogP) is 5.70. The largest absolute Gasteiger partial charge is 0.416 e. The third-order valence-electron chi connectivity index (χ3n) is 2.71. The van der Waals surface area contributed by atoms with Gasteiger partial charge in [0.05, 0.1) is 5.56 Å². The Morgan fingerprint density at radius 2 is 2.00 bits per heavy atom. The predicted molar refractivity (Wildman–Crippen MR) is 75.5 cm³/mol. The Hall–Kier alpha value is -1.01. The summed E-state index contributed by atoms with van der Waals surface area (Å²) in [5.41, 5.74) is 1.09. The molecule has 0 radical (unpaired) electrons. The van der Waals surface area contributed by atoms with Crippen LogP contribution in [0.2, 0.25) is 0 Å². The van der Waals surface area contributed by atoms with E-state index in [0.717, 1.165) is 17.7 Å². The average molecular weight is 350 g/mol. The maximum atomic E-state index is 12.5. The minimum Gasteiger partial charge on any atom is -0.378 e. The monoisotopic (exact) mass is 349 g/mol. The molecule has 0 saturated heterocycles. The highest BCUT2D eigenvalue weighted by Crippen LogP contribution is 2.35. The molecule has 0 aliphatic heterocycles. The summed E-state index contributed by atoms with van der Waals surface area (Å²) in [4.78, 5) is 0. The summed E-state index contributed by atoms with van der Waals surface area (Å²) in [5, 5.41) is 7.16. The van der Waals surface area contributed by atoms with Gasteiger partial charge in [0.1, 0.15) is 0 Å². The zero-order valence-corrected chi connectivity index (χ0v) is 12.4. The molecule has 2 rings (SSSR count). The van der Waals surface area contributed by atoms with Crippen molar-refractivity contribution in [3.05, 3.63) is 50.6 Å². The summed E-state index contributed by atoms with van der Waals surface area (Å²) in [5.74, 6) is 0. The quantitative estimate of drug-likeness (QED) is 0.748. The summed E-state index contributed by atoms with van der Waals surface area (Å²) in [7, 11) is 0. The van der Waals surface area contributed by atoms with Gasteiger partial charge in [0.15, 0.2) is 0 Å². The fraction of sp³-hybridized carbons (Fsp3) is 0.231. The van der Waals surface area contributed by atoms with Crippen LogP contribution < -0.4 is 5.32 Å². The summed E-state index contributed by atoms with van der Waals surface area (Å²) in [6, 6.07) is 5.63. The topological polar surface area (TPSA) is 12.0 Å². The molecule has 0 fully saturated rings. The summed E-state index contributed by atoms with van der Waals surface area (Å²) >= 11 is 4.76. The Kier molecular flexibility index (Phi) is 4.20. The third-order valence-corrected chi connectivity index (χ3v) is 4.07. The molecule has 1 heterocycles. The minimum atomic E-state index is -4.32. The summed E-state index contributed by atoms with van der Waals surface area (Å²) < 4.78 is 38.0. The van der Waals surface area contributed by atoms with E-state index in [1.54, 1.807) is 11.3 Å². The Morgan fingerprint density at radius 3 is 2.53 bits per heavy atom. The number of alkyl halides is 3. The normalized spacial score (nSPS) is 13.3. The van der Waals surface area contributed by atoms with Crippen molar-refractivity contribution in [2.75, 3.05) is 5.32 Å². The van der Waals surface area contributed by atoms with Crippen molar-refractivity contribution in [2.45, 2.75) is 19.1 Å². The average Bonchev–Trinajstić information content (AvgIpc) is 2.84. The van der Waals surface area contributed by atoms with E-state index >= 15 is 0 Å². The van der Waals surface area contributed by atoms with Crippen molar-refractivity contribution in [1.29, 1.82) is 0 Å². The maximum absolute atomic E-state index is 12.5. The number of halogens is 4. The number of hydrogen-bond acceptors (Lipinski definition) is 2.